The van der Waals surface area contributed by atoms with Crippen molar-refractivity contribution in [3.8, 4) is 0 Å². The first-order valence-electron chi connectivity index (χ1n) is 10.6. The fourth-order valence-electron chi connectivity index (χ4n) is 4.16. The number of Topliss-reactive ketones (excluding diaryl/α,β-unsaturated/α-hetero) is 1. The minimum absolute atomic E-state index is 0.0225. The maximum atomic E-state index is 12.6. The van der Waals surface area contributed by atoms with E-state index in [1.165, 1.54) is 6.92 Å². The van der Waals surface area contributed by atoms with Crippen LogP contribution in [0, 0.1) is 11.8 Å². The van der Waals surface area contributed by atoms with E-state index in [1.54, 1.807) is 6.92 Å². The average Bonchev–Trinajstić information content (AvgIpc) is 3.32. The van der Waals surface area contributed by atoms with Gasteiger partial charge < -0.3 is 19.7 Å². The predicted molar refractivity (Wildman–Crippen MR) is 101 cm³/mol. The van der Waals surface area contributed by atoms with E-state index >= 15 is 0 Å². The van der Waals surface area contributed by atoms with Gasteiger partial charge in [-0.15, -0.1) is 0 Å². The number of rotatable bonds is 11. The van der Waals surface area contributed by atoms with Crippen LogP contribution in [0.5, 0.6) is 0 Å². The summed E-state index contributed by atoms with van der Waals surface area (Å²) in [5.74, 6) is 0.0643. The molecule has 0 aliphatic heterocycles. The Labute approximate surface area is 162 Å². The first kappa shape index (κ1) is 22.3. The first-order valence-corrected chi connectivity index (χ1v) is 10.6. The maximum Gasteiger partial charge on any atom is 0.309 e. The largest absolute Gasteiger partial charge is 0.463 e. The summed E-state index contributed by atoms with van der Waals surface area (Å²) in [5.41, 5.74) is 0. The fraction of sp³-hybridized carbons (Fsp3) is 0.905. The molecule has 0 aromatic heterocycles. The Bertz CT molecular complexity index is 465. The molecule has 2 saturated carbocycles. The lowest BCUT2D eigenvalue weighted by molar-refractivity contribution is -0.156. The third-order valence-electron chi connectivity index (χ3n) is 5.89. The van der Waals surface area contributed by atoms with E-state index < -0.39 is 18.3 Å². The van der Waals surface area contributed by atoms with Crippen LogP contribution in [0.3, 0.4) is 0 Å². The van der Waals surface area contributed by atoms with Gasteiger partial charge in [-0.05, 0) is 39.5 Å². The second-order valence-corrected chi connectivity index (χ2v) is 8.38. The predicted octanol–water partition coefficient (Wildman–Crippen LogP) is 2.77. The molecule has 0 heterocycles. The number of carbonyl (C=O) groups excluding carboxylic acids is 2. The zero-order valence-electron chi connectivity index (χ0n) is 16.8. The molecule has 2 aliphatic carbocycles. The summed E-state index contributed by atoms with van der Waals surface area (Å²) in [6.07, 6.45) is 5.87. The van der Waals surface area contributed by atoms with Crippen LogP contribution in [0.2, 0.25) is 0 Å². The van der Waals surface area contributed by atoms with Crippen molar-refractivity contribution in [1.29, 1.82) is 0 Å². The van der Waals surface area contributed by atoms with E-state index in [0.29, 0.717) is 0 Å². The van der Waals surface area contributed by atoms with Crippen LogP contribution in [0.25, 0.3) is 0 Å². The third kappa shape index (κ3) is 7.51. The summed E-state index contributed by atoms with van der Waals surface area (Å²) in [4.78, 5) is 24.8. The summed E-state index contributed by atoms with van der Waals surface area (Å²) in [6, 6.07) is 0. The normalized spacial score (nSPS) is 23.1. The smallest absolute Gasteiger partial charge is 0.309 e. The molecular weight excluding hydrogens is 348 g/mol. The highest BCUT2D eigenvalue weighted by Crippen LogP contribution is 2.28. The molecule has 27 heavy (non-hydrogen) atoms. The number of hydrogen-bond acceptors (Lipinski definition) is 6. The van der Waals surface area contributed by atoms with Crippen molar-refractivity contribution in [1.82, 2.24) is 0 Å². The zero-order valence-corrected chi connectivity index (χ0v) is 16.8. The van der Waals surface area contributed by atoms with Crippen LogP contribution in [0.15, 0.2) is 0 Å². The van der Waals surface area contributed by atoms with Gasteiger partial charge in [-0.2, -0.15) is 0 Å². The Morgan fingerprint density at radius 1 is 0.963 bits per heavy atom. The SMILES string of the molecule is CC(CC(O)C(C)O)OC(COC(=O)C1CCCC1)CC(=O)C1CCCC1. The number of esters is 1. The van der Waals surface area contributed by atoms with Gasteiger partial charge >= 0.3 is 5.97 Å². The van der Waals surface area contributed by atoms with Crippen LogP contribution in [-0.4, -0.2) is 53.0 Å². The summed E-state index contributed by atoms with van der Waals surface area (Å²) >= 11 is 0. The minimum atomic E-state index is -0.882. The lowest BCUT2D eigenvalue weighted by Gasteiger charge is -2.25. The average molecular weight is 385 g/mol. The van der Waals surface area contributed by atoms with Gasteiger partial charge in [-0.3, -0.25) is 9.59 Å². The van der Waals surface area contributed by atoms with Gasteiger partial charge in [0.25, 0.3) is 0 Å². The number of ketones is 1. The topological polar surface area (TPSA) is 93.1 Å². The van der Waals surface area contributed by atoms with Crippen LogP contribution >= 0.6 is 0 Å². The van der Waals surface area contributed by atoms with Gasteiger partial charge in [0.1, 0.15) is 12.4 Å². The molecule has 0 spiro atoms. The minimum Gasteiger partial charge on any atom is -0.463 e. The number of carbonyl (C=O) groups is 2. The number of hydrogen-bond donors (Lipinski definition) is 2. The molecule has 2 fully saturated rings. The van der Waals surface area contributed by atoms with Gasteiger partial charge in [0.2, 0.25) is 0 Å². The van der Waals surface area contributed by atoms with Gasteiger partial charge in [-0.25, -0.2) is 0 Å². The van der Waals surface area contributed by atoms with Crippen LogP contribution in [0.1, 0.15) is 78.1 Å². The number of aliphatic hydroxyl groups is 2. The van der Waals surface area contributed by atoms with Crippen molar-refractivity contribution in [2.75, 3.05) is 6.61 Å². The van der Waals surface area contributed by atoms with Crippen molar-refractivity contribution in [2.24, 2.45) is 11.8 Å². The molecule has 0 aromatic rings. The summed E-state index contributed by atoms with van der Waals surface area (Å²) in [5, 5.41) is 19.3. The van der Waals surface area contributed by atoms with Crippen molar-refractivity contribution in [2.45, 2.75) is 102 Å². The molecule has 0 saturated heterocycles. The Hall–Kier alpha value is -0.980. The molecular formula is C21H36O6. The molecule has 4 atom stereocenters. The van der Waals surface area contributed by atoms with Gasteiger partial charge in [0.15, 0.2) is 0 Å². The van der Waals surface area contributed by atoms with E-state index in [9.17, 15) is 19.8 Å². The van der Waals surface area contributed by atoms with Crippen molar-refractivity contribution < 1.29 is 29.3 Å². The highest BCUT2D eigenvalue weighted by Gasteiger charge is 2.29. The van der Waals surface area contributed by atoms with Crippen LogP contribution in [-0.2, 0) is 19.1 Å². The van der Waals surface area contributed by atoms with Gasteiger partial charge in [0, 0.05) is 18.8 Å². The molecule has 0 aromatic carbocycles. The number of aliphatic hydroxyl groups excluding tert-OH is 2. The first-order chi connectivity index (χ1) is 12.9. The standard InChI is InChI=1S/C21H36O6/c1-14(11-19(23)15(2)22)27-18(12-20(24)16-7-3-4-8-16)13-26-21(25)17-9-5-6-10-17/h14-19,22-23H,3-13H2,1-2H3. The second kappa shape index (κ2) is 11.1. The third-order valence-corrected chi connectivity index (χ3v) is 5.89. The molecule has 2 aliphatic rings. The monoisotopic (exact) mass is 384 g/mol. The number of ether oxygens (including phenoxy) is 2. The molecule has 6 heteroatoms. The van der Waals surface area contributed by atoms with E-state index in [-0.39, 0.29) is 49.1 Å². The molecule has 4 unspecified atom stereocenters. The molecule has 0 radical (unpaired) electrons. The van der Waals surface area contributed by atoms with E-state index in [4.69, 9.17) is 9.47 Å². The lowest BCUT2D eigenvalue weighted by Crippen LogP contribution is -2.34. The Kier molecular flexibility index (Phi) is 9.19. The molecule has 156 valence electrons. The van der Waals surface area contributed by atoms with E-state index in [0.717, 1.165) is 51.4 Å². The van der Waals surface area contributed by atoms with E-state index in [2.05, 4.69) is 0 Å². The summed E-state index contributed by atoms with van der Waals surface area (Å²) < 4.78 is 11.4. The van der Waals surface area contributed by atoms with Crippen LogP contribution in [0.4, 0.5) is 0 Å². The van der Waals surface area contributed by atoms with Gasteiger partial charge in [0.05, 0.1) is 30.3 Å². The Morgan fingerprint density at radius 2 is 1.52 bits per heavy atom. The Balaban J connectivity index is 1.87. The highest BCUT2D eigenvalue weighted by molar-refractivity contribution is 5.81. The molecule has 0 amide bonds. The molecule has 2 rings (SSSR count). The van der Waals surface area contributed by atoms with Crippen molar-refractivity contribution in [3.05, 3.63) is 0 Å². The molecule has 6 nitrogen and oxygen atoms in total. The summed E-state index contributed by atoms with van der Waals surface area (Å²) in [6.45, 7) is 3.40. The van der Waals surface area contributed by atoms with Gasteiger partial charge in [-0.1, -0.05) is 25.7 Å². The Morgan fingerprint density at radius 3 is 2.07 bits per heavy atom. The quantitative estimate of drug-likeness (QED) is 0.532. The zero-order chi connectivity index (χ0) is 19.8. The second-order valence-electron chi connectivity index (χ2n) is 8.38. The lowest BCUT2D eigenvalue weighted by atomic mass is 9.97. The maximum absolute atomic E-state index is 12.6. The van der Waals surface area contributed by atoms with E-state index in [1.807, 2.05) is 0 Å². The molecule has 2 N–H and O–H groups in total. The fourth-order valence-corrected chi connectivity index (χ4v) is 4.16. The van der Waals surface area contributed by atoms with Crippen molar-refractivity contribution >= 4 is 11.8 Å². The molecule has 0 bridgehead atoms. The van der Waals surface area contributed by atoms with Crippen molar-refractivity contribution in [3.63, 3.8) is 0 Å². The van der Waals surface area contributed by atoms with Crippen LogP contribution < -0.4 is 0 Å². The highest BCUT2D eigenvalue weighted by atomic mass is 16.6. The summed E-state index contributed by atoms with van der Waals surface area (Å²) in [7, 11) is 0.